The van der Waals surface area contributed by atoms with E-state index >= 15 is 0 Å². The molecule has 2 aliphatic heterocycles. The highest BCUT2D eigenvalue weighted by Crippen LogP contribution is 2.46. The van der Waals surface area contributed by atoms with Crippen molar-refractivity contribution in [3.8, 4) is 5.75 Å². The monoisotopic (exact) mass is 497 g/mol. The second kappa shape index (κ2) is 12.4. The van der Waals surface area contributed by atoms with Crippen molar-refractivity contribution in [1.29, 1.82) is 0 Å². The zero-order valence-electron chi connectivity index (χ0n) is 20.8. The maximum Gasteiger partial charge on any atom is 0.142 e. The van der Waals surface area contributed by atoms with Crippen LogP contribution in [0.5, 0.6) is 5.75 Å². The Morgan fingerprint density at radius 3 is 2.88 bits per heavy atom. The van der Waals surface area contributed by atoms with Gasteiger partial charge in [-0.2, -0.15) is 12.6 Å². The third kappa shape index (κ3) is 6.34. The van der Waals surface area contributed by atoms with Crippen molar-refractivity contribution in [2.75, 3.05) is 30.3 Å². The van der Waals surface area contributed by atoms with Crippen LogP contribution in [0, 0.1) is 17.8 Å². The molecule has 0 radical (unpaired) electrons. The lowest BCUT2D eigenvalue weighted by atomic mass is 9.82. The van der Waals surface area contributed by atoms with Crippen LogP contribution in [0.25, 0.3) is 0 Å². The van der Waals surface area contributed by atoms with E-state index in [1.54, 1.807) is 0 Å². The van der Waals surface area contributed by atoms with Gasteiger partial charge in [0.25, 0.3) is 0 Å². The Bertz CT molecular complexity index is 961. The number of anilines is 1. The highest BCUT2D eigenvalue weighted by Gasteiger charge is 2.33. The van der Waals surface area contributed by atoms with Gasteiger partial charge < -0.3 is 9.64 Å². The van der Waals surface area contributed by atoms with E-state index in [9.17, 15) is 0 Å². The van der Waals surface area contributed by atoms with Gasteiger partial charge in [-0.05, 0) is 79.0 Å². The number of aryl methyl sites for hydroxylation is 1. The molecule has 2 nitrogen and oxygen atoms in total. The van der Waals surface area contributed by atoms with Crippen molar-refractivity contribution in [3.05, 3.63) is 70.8 Å². The second-order valence-electron chi connectivity index (χ2n) is 10.3. The maximum atomic E-state index is 6.47. The Balaban J connectivity index is 1.49. The Morgan fingerprint density at radius 2 is 2.09 bits per heavy atom. The van der Waals surface area contributed by atoms with Gasteiger partial charge in [0, 0.05) is 29.9 Å². The van der Waals surface area contributed by atoms with Crippen molar-refractivity contribution in [2.45, 2.75) is 58.3 Å². The summed E-state index contributed by atoms with van der Waals surface area (Å²) in [7, 11) is 0. The van der Waals surface area contributed by atoms with Crippen molar-refractivity contribution >= 4 is 29.9 Å². The number of nitrogens with zero attached hydrogens (tertiary/aromatic N) is 1. The predicted octanol–water partition coefficient (Wildman–Crippen LogP) is 8.20. The first-order chi connectivity index (χ1) is 16.6. The highest BCUT2D eigenvalue weighted by atomic mass is 35.5. The smallest absolute Gasteiger partial charge is 0.142 e. The summed E-state index contributed by atoms with van der Waals surface area (Å²) in [4.78, 5) is 2.65. The van der Waals surface area contributed by atoms with E-state index in [0.29, 0.717) is 23.7 Å². The first-order valence-electron chi connectivity index (χ1n) is 13.1. The average molecular weight is 498 g/mol. The van der Waals surface area contributed by atoms with Crippen LogP contribution in [0.2, 0.25) is 5.02 Å². The Hall–Kier alpha value is -1.58. The molecule has 34 heavy (non-hydrogen) atoms. The summed E-state index contributed by atoms with van der Waals surface area (Å²) in [6, 6.07) is 15.0. The molecule has 0 aliphatic carbocycles. The van der Waals surface area contributed by atoms with Gasteiger partial charge in [-0.3, -0.25) is 0 Å². The zero-order valence-corrected chi connectivity index (χ0v) is 22.4. The Morgan fingerprint density at radius 1 is 1.24 bits per heavy atom. The van der Waals surface area contributed by atoms with E-state index in [2.05, 4.69) is 79.9 Å². The zero-order chi connectivity index (χ0) is 23.9. The quantitative estimate of drug-likeness (QED) is 0.277. The molecule has 2 aromatic carbocycles. The number of hydrogen-bond donors (Lipinski definition) is 1. The molecule has 1 unspecified atom stereocenters. The van der Waals surface area contributed by atoms with E-state index < -0.39 is 0 Å². The fourth-order valence-electron chi connectivity index (χ4n) is 5.60. The van der Waals surface area contributed by atoms with Crippen LogP contribution < -0.4 is 9.64 Å². The number of thiol groups is 1. The van der Waals surface area contributed by atoms with Crippen LogP contribution in [-0.2, 0) is 6.42 Å². The second-order valence-corrected chi connectivity index (χ2v) is 11.1. The minimum Gasteiger partial charge on any atom is -0.491 e. The minimum atomic E-state index is 0.458. The molecule has 4 rings (SSSR count). The molecule has 4 atom stereocenters. The minimum absolute atomic E-state index is 0.458. The lowest BCUT2D eigenvalue weighted by Crippen LogP contribution is -2.31. The number of halogens is 1. The Kier molecular flexibility index (Phi) is 9.31. The van der Waals surface area contributed by atoms with Crippen LogP contribution >= 0.6 is 24.2 Å². The molecule has 2 aromatic rings. The summed E-state index contributed by atoms with van der Waals surface area (Å²) in [5.74, 6) is 4.30. The standard InChI is InChI=1S/C30H40ClNOS/c1-3-25-16-17-32-19-24(11-5-9-23-10-6-12-26(31)18-23)20-33-29-15-7-14-28(30(29)32)27(25)13-4-8-22(2)21-34/h4,6-7,10,12-15,18,22,24-25,27,34H,3,5,8-9,11,16-17,19-21H2,1-2H3/b13-4+/t22-,24?,25+,27-/m0/s1. The van der Waals surface area contributed by atoms with Crippen LogP contribution in [0.3, 0.4) is 0 Å². The molecule has 0 amide bonds. The van der Waals surface area contributed by atoms with Crippen LogP contribution in [0.4, 0.5) is 5.69 Å². The molecule has 0 spiro atoms. The van der Waals surface area contributed by atoms with Gasteiger partial charge in [0.2, 0.25) is 0 Å². The fourth-order valence-corrected chi connectivity index (χ4v) is 5.96. The molecule has 4 heteroatoms. The summed E-state index contributed by atoms with van der Waals surface area (Å²) in [5, 5.41) is 0.831. The topological polar surface area (TPSA) is 12.5 Å². The SMILES string of the molecule is CC[C@@H]1CCN2CC(CCCc3cccc(Cl)c3)COc3cccc(c32)[C@H]1/C=C/C[C@H](C)CS. The van der Waals surface area contributed by atoms with Crippen LogP contribution in [0.1, 0.15) is 63.0 Å². The van der Waals surface area contributed by atoms with E-state index in [-0.39, 0.29) is 0 Å². The number of allylic oxidation sites excluding steroid dienone is 2. The van der Waals surface area contributed by atoms with E-state index in [1.165, 1.54) is 36.1 Å². The maximum absolute atomic E-state index is 6.47. The van der Waals surface area contributed by atoms with Crippen LogP contribution in [-0.4, -0.2) is 25.4 Å². The summed E-state index contributed by atoms with van der Waals surface area (Å²) >= 11 is 10.6. The van der Waals surface area contributed by atoms with Gasteiger partial charge >= 0.3 is 0 Å². The van der Waals surface area contributed by atoms with Gasteiger partial charge in [0.1, 0.15) is 5.75 Å². The summed E-state index contributed by atoms with van der Waals surface area (Å²) in [6.45, 7) is 7.64. The van der Waals surface area contributed by atoms with E-state index in [1.807, 2.05) is 6.07 Å². The van der Waals surface area contributed by atoms with Gasteiger partial charge in [0.15, 0.2) is 0 Å². The molecule has 0 fully saturated rings. The Labute approximate surface area is 217 Å². The van der Waals surface area contributed by atoms with Gasteiger partial charge in [-0.25, -0.2) is 0 Å². The first-order valence-corrected chi connectivity index (χ1v) is 14.1. The molecular formula is C30H40ClNOS. The molecule has 2 aliphatic rings. The van der Waals surface area contributed by atoms with Gasteiger partial charge in [0.05, 0.1) is 12.3 Å². The lowest BCUT2D eigenvalue weighted by Gasteiger charge is -2.27. The molecule has 184 valence electrons. The predicted molar refractivity (Wildman–Crippen MR) is 150 cm³/mol. The molecule has 0 N–H and O–H groups in total. The molecule has 2 heterocycles. The average Bonchev–Trinajstić information content (AvgIpc) is 3.11. The molecule has 0 saturated carbocycles. The van der Waals surface area contributed by atoms with Gasteiger partial charge in [-0.1, -0.05) is 68.3 Å². The molecule has 0 aromatic heterocycles. The third-order valence-electron chi connectivity index (χ3n) is 7.62. The summed E-state index contributed by atoms with van der Waals surface area (Å²) < 4.78 is 6.47. The van der Waals surface area contributed by atoms with Crippen LogP contribution in [0.15, 0.2) is 54.6 Å². The number of hydrogen-bond acceptors (Lipinski definition) is 3. The fraction of sp³-hybridized carbons (Fsp3) is 0.533. The van der Waals surface area contributed by atoms with E-state index in [0.717, 1.165) is 55.5 Å². The number of benzene rings is 2. The van der Waals surface area contributed by atoms with Gasteiger partial charge in [-0.15, -0.1) is 0 Å². The number of rotatable bonds is 9. The molecular weight excluding hydrogens is 458 g/mol. The lowest BCUT2D eigenvalue weighted by molar-refractivity contribution is 0.250. The molecule has 0 bridgehead atoms. The largest absolute Gasteiger partial charge is 0.491 e. The summed E-state index contributed by atoms with van der Waals surface area (Å²) in [6.07, 6.45) is 11.8. The normalized spacial score (nSPS) is 23.2. The van der Waals surface area contributed by atoms with Crippen molar-refractivity contribution in [1.82, 2.24) is 0 Å². The van der Waals surface area contributed by atoms with Crippen molar-refractivity contribution in [3.63, 3.8) is 0 Å². The third-order valence-corrected chi connectivity index (χ3v) is 8.48. The number of para-hydroxylation sites is 1. The molecule has 0 saturated heterocycles. The summed E-state index contributed by atoms with van der Waals surface area (Å²) in [5.41, 5.74) is 4.14. The highest BCUT2D eigenvalue weighted by molar-refractivity contribution is 7.80. The van der Waals surface area contributed by atoms with Crippen molar-refractivity contribution < 1.29 is 4.74 Å². The van der Waals surface area contributed by atoms with Crippen molar-refractivity contribution in [2.24, 2.45) is 17.8 Å². The number of ether oxygens (including phenoxy) is 1. The first kappa shape index (κ1) is 25.5. The van der Waals surface area contributed by atoms with E-state index in [4.69, 9.17) is 16.3 Å².